The van der Waals surface area contributed by atoms with Crippen LogP contribution in [0.4, 0.5) is 0 Å². The minimum absolute atomic E-state index is 0.104. The van der Waals surface area contributed by atoms with E-state index < -0.39 is 6.10 Å². The van der Waals surface area contributed by atoms with Gasteiger partial charge in [0.15, 0.2) is 6.10 Å². The fraction of sp³-hybridized carbons (Fsp3) is 0.635. The third-order valence-corrected chi connectivity index (χ3v) is 11.6. The summed E-state index contributed by atoms with van der Waals surface area (Å²) in [6.45, 7) is 6.32. The molecule has 6 nitrogen and oxygen atoms in total. The zero-order valence-electron chi connectivity index (χ0n) is 44.5. The van der Waals surface area contributed by atoms with Gasteiger partial charge in [-0.25, -0.2) is 0 Å². The van der Waals surface area contributed by atoms with E-state index in [1.807, 2.05) is 48.6 Å². The molecule has 390 valence electrons. The van der Waals surface area contributed by atoms with E-state index in [-0.39, 0.29) is 31.1 Å². The monoisotopic (exact) mass is 955 g/mol. The molecular weight excluding hydrogens is 853 g/mol. The Kier molecular flexibility index (Phi) is 53.0. The number of allylic oxidation sites excluding steroid dienone is 20. The zero-order chi connectivity index (χ0) is 50.0. The molecule has 0 aromatic rings. The quantitative estimate of drug-likeness (QED) is 0.0199. The van der Waals surface area contributed by atoms with Crippen LogP contribution in [0.15, 0.2) is 122 Å². The van der Waals surface area contributed by atoms with E-state index in [2.05, 4.69) is 93.7 Å². The van der Waals surface area contributed by atoms with E-state index in [1.165, 1.54) is 89.9 Å². The minimum Gasteiger partial charge on any atom is -0.462 e. The van der Waals surface area contributed by atoms with Crippen molar-refractivity contribution in [2.45, 2.75) is 245 Å². The van der Waals surface area contributed by atoms with Crippen molar-refractivity contribution >= 4 is 17.9 Å². The van der Waals surface area contributed by atoms with Gasteiger partial charge >= 0.3 is 17.9 Å². The molecule has 0 rings (SSSR count). The Morgan fingerprint density at radius 2 is 0.638 bits per heavy atom. The van der Waals surface area contributed by atoms with Gasteiger partial charge in [-0.15, -0.1) is 0 Å². The molecule has 1 unspecified atom stereocenters. The average Bonchev–Trinajstić information content (AvgIpc) is 3.35. The number of rotatable bonds is 49. The van der Waals surface area contributed by atoms with Crippen molar-refractivity contribution in [1.82, 2.24) is 0 Å². The van der Waals surface area contributed by atoms with Crippen LogP contribution in [-0.2, 0) is 28.6 Å². The SMILES string of the molecule is CC\C=C/C=C\C=C/C=C\C=C/CCCCCC(=O)OCC(COC(=O)CCCCCCCC/C=C\C/C=C\C/C=C\C/C=C\CC)OC(=O)CCCCCCCCC/C=C\CCCCCCCC. The fourth-order valence-electron chi connectivity index (χ4n) is 7.39. The molecule has 0 aliphatic heterocycles. The lowest BCUT2D eigenvalue weighted by Gasteiger charge is -2.18. The smallest absolute Gasteiger partial charge is 0.306 e. The second-order valence-electron chi connectivity index (χ2n) is 18.2. The second-order valence-corrected chi connectivity index (χ2v) is 18.2. The maximum Gasteiger partial charge on any atom is 0.306 e. The highest BCUT2D eigenvalue weighted by Crippen LogP contribution is 2.14. The molecule has 1 atom stereocenters. The topological polar surface area (TPSA) is 78.9 Å². The van der Waals surface area contributed by atoms with Crippen molar-refractivity contribution < 1.29 is 28.6 Å². The van der Waals surface area contributed by atoms with E-state index in [0.717, 1.165) is 109 Å². The molecule has 0 N–H and O–H groups in total. The first-order valence-corrected chi connectivity index (χ1v) is 28.1. The van der Waals surface area contributed by atoms with Crippen LogP contribution in [0.1, 0.15) is 239 Å². The molecule has 0 fully saturated rings. The molecule has 0 aromatic heterocycles. The van der Waals surface area contributed by atoms with Gasteiger partial charge in [-0.1, -0.05) is 239 Å². The highest BCUT2D eigenvalue weighted by molar-refractivity contribution is 5.71. The van der Waals surface area contributed by atoms with E-state index in [9.17, 15) is 14.4 Å². The summed E-state index contributed by atoms with van der Waals surface area (Å²) < 4.78 is 16.8. The summed E-state index contributed by atoms with van der Waals surface area (Å²) in [7, 11) is 0. The lowest BCUT2D eigenvalue weighted by molar-refractivity contribution is -0.167. The van der Waals surface area contributed by atoms with E-state index >= 15 is 0 Å². The number of esters is 3. The third kappa shape index (κ3) is 54.6. The number of hydrogen-bond acceptors (Lipinski definition) is 6. The highest BCUT2D eigenvalue weighted by atomic mass is 16.6. The van der Waals surface area contributed by atoms with Gasteiger partial charge in [-0.05, 0) is 103 Å². The first kappa shape index (κ1) is 64.8. The summed E-state index contributed by atoms with van der Waals surface area (Å²) in [5.41, 5.74) is 0. The van der Waals surface area contributed by atoms with Gasteiger partial charge in [0.2, 0.25) is 0 Å². The molecule has 0 aliphatic carbocycles. The predicted octanol–water partition coefficient (Wildman–Crippen LogP) is 18.9. The van der Waals surface area contributed by atoms with Crippen molar-refractivity contribution in [2.24, 2.45) is 0 Å². The first-order valence-electron chi connectivity index (χ1n) is 28.1. The number of unbranched alkanes of at least 4 members (excludes halogenated alkanes) is 22. The van der Waals surface area contributed by atoms with Gasteiger partial charge in [-0.3, -0.25) is 14.4 Å². The van der Waals surface area contributed by atoms with Crippen molar-refractivity contribution in [3.05, 3.63) is 122 Å². The summed E-state index contributed by atoms with van der Waals surface area (Å²) in [5.74, 6) is -0.966. The van der Waals surface area contributed by atoms with E-state index in [1.54, 1.807) is 0 Å². The van der Waals surface area contributed by atoms with Crippen LogP contribution in [-0.4, -0.2) is 37.2 Å². The lowest BCUT2D eigenvalue weighted by Crippen LogP contribution is -2.30. The van der Waals surface area contributed by atoms with E-state index in [0.29, 0.717) is 19.3 Å². The van der Waals surface area contributed by atoms with Crippen molar-refractivity contribution in [2.75, 3.05) is 13.2 Å². The molecule has 0 aromatic carbocycles. The number of hydrogen-bond donors (Lipinski definition) is 0. The summed E-state index contributed by atoms with van der Waals surface area (Å²) in [5, 5.41) is 0. The molecule has 69 heavy (non-hydrogen) atoms. The van der Waals surface area contributed by atoms with Crippen LogP contribution < -0.4 is 0 Å². The van der Waals surface area contributed by atoms with Crippen LogP contribution in [0.3, 0.4) is 0 Å². The summed E-state index contributed by atoms with van der Waals surface area (Å²) >= 11 is 0. The zero-order valence-corrected chi connectivity index (χ0v) is 44.5. The molecule has 0 amide bonds. The molecule has 0 heterocycles. The predicted molar refractivity (Wildman–Crippen MR) is 297 cm³/mol. The fourth-order valence-corrected chi connectivity index (χ4v) is 7.39. The molecule has 6 heteroatoms. The van der Waals surface area contributed by atoms with Gasteiger partial charge in [0.25, 0.3) is 0 Å². The van der Waals surface area contributed by atoms with E-state index in [4.69, 9.17) is 14.2 Å². The maximum atomic E-state index is 12.9. The Morgan fingerprint density at radius 3 is 1.09 bits per heavy atom. The number of carbonyl (C=O) groups excluding carboxylic acids is 3. The lowest BCUT2D eigenvalue weighted by atomic mass is 10.1. The summed E-state index contributed by atoms with van der Waals surface area (Å²) in [6.07, 6.45) is 77.5. The molecular formula is C63H102O6. The molecule has 0 bridgehead atoms. The normalized spacial score (nSPS) is 13.0. The third-order valence-electron chi connectivity index (χ3n) is 11.6. The summed E-state index contributed by atoms with van der Waals surface area (Å²) in [6, 6.07) is 0. The van der Waals surface area contributed by atoms with Crippen LogP contribution in [0.2, 0.25) is 0 Å². The minimum atomic E-state index is -0.808. The largest absolute Gasteiger partial charge is 0.462 e. The highest BCUT2D eigenvalue weighted by Gasteiger charge is 2.19. The average molecular weight is 956 g/mol. The van der Waals surface area contributed by atoms with Gasteiger partial charge in [-0.2, -0.15) is 0 Å². The Morgan fingerprint density at radius 1 is 0.319 bits per heavy atom. The second kappa shape index (κ2) is 56.4. The number of carbonyl (C=O) groups is 3. The summed E-state index contributed by atoms with van der Waals surface area (Å²) in [4.78, 5) is 38.1. The molecule has 0 saturated carbocycles. The Labute approximate surface area is 424 Å². The van der Waals surface area contributed by atoms with Crippen LogP contribution in [0.5, 0.6) is 0 Å². The molecule has 0 saturated heterocycles. The van der Waals surface area contributed by atoms with Crippen LogP contribution >= 0.6 is 0 Å². The van der Waals surface area contributed by atoms with Crippen molar-refractivity contribution in [3.63, 3.8) is 0 Å². The van der Waals surface area contributed by atoms with Gasteiger partial charge in [0.05, 0.1) is 0 Å². The molecule has 0 aliphatic rings. The molecule has 0 radical (unpaired) electrons. The standard InChI is InChI=1S/C63H102O6/c1-4-7-10-13-16-19-22-25-28-30-31-33-35-38-41-44-47-50-53-56-62(65)68-59-60(58-67-61(64)55-52-49-46-43-40-37-34-27-24-21-18-15-12-9-6-3)69-63(66)57-54-51-48-45-42-39-36-32-29-26-23-20-17-14-11-8-5-2/h7,9-10,12,15-16,18-19,21,24-29,31,33-34,37,40,60H,4-6,8,11,13-14,17,20,22-23,30,32,35-36,38-39,41-59H2,1-3H3/b10-7-,12-9-,18-15-,19-16-,24-21-,28-25-,29-26-,33-31-,34-27-,40-37-. The Bertz CT molecular complexity index is 1470. The molecule has 0 spiro atoms. The van der Waals surface area contributed by atoms with Gasteiger partial charge in [0.1, 0.15) is 13.2 Å². The maximum absolute atomic E-state index is 12.9. The Balaban J connectivity index is 4.50. The van der Waals surface area contributed by atoms with Crippen molar-refractivity contribution in [1.29, 1.82) is 0 Å². The Hall–Kier alpha value is -4.19. The van der Waals surface area contributed by atoms with Gasteiger partial charge < -0.3 is 14.2 Å². The van der Waals surface area contributed by atoms with Crippen LogP contribution in [0.25, 0.3) is 0 Å². The van der Waals surface area contributed by atoms with Crippen LogP contribution in [0, 0.1) is 0 Å². The first-order chi connectivity index (χ1) is 34.0. The number of ether oxygens (including phenoxy) is 3. The van der Waals surface area contributed by atoms with Crippen molar-refractivity contribution in [3.8, 4) is 0 Å². The van der Waals surface area contributed by atoms with Gasteiger partial charge in [0, 0.05) is 19.3 Å².